The molecule has 6 aromatic rings. The Labute approximate surface area is 369 Å². The summed E-state index contributed by atoms with van der Waals surface area (Å²) in [6, 6.07) is 18.8. The van der Waals surface area contributed by atoms with Crippen molar-refractivity contribution in [2.24, 2.45) is 0 Å². The molecule has 0 aliphatic carbocycles. The molecule has 64 heavy (non-hydrogen) atoms. The van der Waals surface area contributed by atoms with Gasteiger partial charge in [-0.25, -0.2) is 35.7 Å². The van der Waals surface area contributed by atoms with E-state index in [4.69, 9.17) is 9.47 Å². The molecule has 0 radical (unpaired) electrons. The Hall–Kier alpha value is -5.82. The molecule has 12 nitrogen and oxygen atoms in total. The SMILES string of the molecule is Cc1cc(Nc2ncn(-c3cc(F)cc(F)c3)n2)cc([C@@H]2CCN(C3COC3)CC2F)c1.Cc1cc(Nc2ncn(-c3cc(F)cc(F)c3)n2)cc([C@H]2CCN(C3COC3)CC2F)c1.[HH].[HH]. The van der Waals surface area contributed by atoms with Gasteiger partial charge in [0.15, 0.2) is 0 Å². The molecule has 0 bridgehead atoms. The van der Waals surface area contributed by atoms with Crippen molar-refractivity contribution in [1.29, 1.82) is 0 Å². The Balaban J connectivity index is 0.000000191. The van der Waals surface area contributed by atoms with E-state index < -0.39 is 35.6 Å². The van der Waals surface area contributed by atoms with Gasteiger partial charge in [-0.3, -0.25) is 9.80 Å². The number of benzene rings is 4. The van der Waals surface area contributed by atoms with E-state index in [1.807, 2.05) is 50.2 Å². The second-order valence-electron chi connectivity index (χ2n) is 17.0. The third-order valence-electron chi connectivity index (χ3n) is 12.2. The van der Waals surface area contributed by atoms with Gasteiger partial charge in [-0.2, -0.15) is 9.97 Å². The van der Waals surface area contributed by atoms with Gasteiger partial charge in [0, 0.05) is 51.3 Å². The van der Waals surface area contributed by atoms with Crippen LogP contribution >= 0.6 is 0 Å². The highest BCUT2D eigenvalue weighted by molar-refractivity contribution is 5.58. The van der Waals surface area contributed by atoms with E-state index in [1.165, 1.54) is 46.3 Å². The number of hydrogen-bond acceptors (Lipinski definition) is 10. The van der Waals surface area contributed by atoms with Crippen LogP contribution in [-0.2, 0) is 9.47 Å². The normalized spacial score (nSPS) is 22.0. The first-order chi connectivity index (χ1) is 30.9. The highest BCUT2D eigenvalue weighted by atomic mass is 19.2. The van der Waals surface area contributed by atoms with Gasteiger partial charge in [0.25, 0.3) is 0 Å². The number of alkyl halides is 2. The molecule has 10 rings (SSSR count). The van der Waals surface area contributed by atoms with Crippen LogP contribution in [0, 0.1) is 37.1 Å². The largest absolute Gasteiger partial charge is 0.378 e. The first kappa shape index (κ1) is 43.4. The minimum absolute atomic E-state index is 0. The van der Waals surface area contributed by atoms with Gasteiger partial charge >= 0.3 is 0 Å². The minimum Gasteiger partial charge on any atom is -0.378 e. The lowest BCUT2D eigenvalue weighted by atomic mass is 9.86. The topological polar surface area (TPSA) is 110 Å². The molecule has 0 saturated carbocycles. The fourth-order valence-corrected chi connectivity index (χ4v) is 8.83. The highest BCUT2D eigenvalue weighted by Crippen LogP contribution is 2.36. The van der Waals surface area contributed by atoms with Crippen LogP contribution in [0.1, 0.15) is 49.8 Å². The van der Waals surface area contributed by atoms with Crippen LogP contribution in [0.5, 0.6) is 0 Å². The number of ether oxygens (including phenoxy) is 2. The molecule has 2 unspecified atom stereocenters. The molecule has 2 aromatic heterocycles. The lowest BCUT2D eigenvalue weighted by Crippen LogP contribution is -2.54. The van der Waals surface area contributed by atoms with Crippen LogP contribution in [-0.4, -0.2) is 116 Å². The second kappa shape index (κ2) is 18.7. The number of piperidine rings is 2. The molecule has 4 aromatic carbocycles. The maximum absolute atomic E-state index is 15.1. The second-order valence-corrected chi connectivity index (χ2v) is 17.0. The number of halogens is 6. The van der Waals surface area contributed by atoms with Gasteiger partial charge in [-0.05, 0) is 111 Å². The van der Waals surface area contributed by atoms with Crippen molar-refractivity contribution in [3.8, 4) is 11.4 Å². The van der Waals surface area contributed by atoms with Gasteiger partial charge in [-0.15, -0.1) is 10.2 Å². The number of nitrogens with one attached hydrogen (secondary N) is 2. The predicted molar refractivity (Wildman–Crippen MR) is 233 cm³/mol. The summed E-state index contributed by atoms with van der Waals surface area (Å²) in [6.45, 7) is 9.24. The van der Waals surface area contributed by atoms with Crippen LogP contribution in [0.3, 0.4) is 0 Å². The van der Waals surface area contributed by atoms with E-state index in [2.05, 4.69) is 40.6 Å². The Morgan fingerprint density at radius 1 is 0.547 bits per heavy atom. The molecule has 4 aliphatic heterocycles. The summed E-state index contributed by atoms with van der Waals surface area (Å²) in [5.74, 6) is -2.54. The number of likely N-dealkylation sites (tertiary alicyclic amines) is 2. The van der Waals surface area contributed by atoms with Crippen LogP contribution in [0.4, 0.5) is 49.6 Å². The van der Waals surface area contributed by atoms with Gasteiger partial charge in [-0.1, -0.05) is 12.1 Å². The number of hydrogen-bond donors (Lipinski definition) is 2. The van der Waals surface area contributed by atoms with Gasteiger partial charge in [0.1, 0.15) is 48.3 Å². The zero-order valence-corrected chi connectivity index (χ0v) is 35.3. The summed E-state index contributed by atoms with van der Waals surface area (Å²) in [5.41, 5.74) is 5.83. The molecule has 4 fully saturated rings. The number of rotatable bonds is 10. The molecule has 2 N–H and O–H groups in total. The van der Waals surface area contributed by atoms with Crippen molar-refractivity contribution in [2.75, 3.05) is 63.2 Å². The Bertz CT molecular complexity index is 2380. The first-order valence-corrected chi connectivity index (χ1v) is 21.3. The molecule has 0 spiro atoms. The minimum atomic E-state index is -0.945. The van der Waals surface area contributed by atoms with Crippen LogP contribution in [0.15, 0.2) is 85.5 Å². The van der Waals surface area contributed by atoms with E-state index >= 15 is 8.78 Å². The van der Waals surface area contributed by atoms with Crippen molar-refractivity contribution >= 4 is 23.3 Å². The summed E-state index contributed by atoms with van der Waals surface area (Å²) in [7, 11) is 0. The summed E-state index contributed by atoms with van der Waals surface area (Å²) in [5, 5.41) is 14.8. The van der Waals surface area contributed by atoms with E-state index in [9.17, 15) is 17.6 Å². The Kier molecular flexibility index (Phi) is 12.7. The maximum Gasteiger partial charge on any atom is 0.246 e. The van der Waals surface area contributed by atoms with E-state index in [0.29, 0.717) is 51.6 Å². The van der Waals surface area contributed by atoms with Gasteiger partial charge in [0.2, 0.25) is 11.9 Å². The maximum atomic E-state index is 15.1. The summed E-state index contributed by atoms with van der Waals surface area (Å²) in [4.78, 5) is 12.7. The molecular weight excluding hydrogens is 839 g/mol. The summed E-state index contributed by atoms with van der Waals surface area (Å²) >= 11 is 0. The highest BCUT2D eigenvalue weighted by Gasteiger charge is 2.37. The molecule has 340 valence electrons. The molecule has 4 atom stereocenters. The lowest BCUT2D eigenvalue weighted by molar-refractivity contribution is -0.0807. The molecule has 4 aliphatic rings. The lowest BCUT2D eigenvalue weighted by Gasteiger charge is -2.43. The fraction of sp³-hybridized carbons (Fsp3) is 0.391. The zero-order valence-electron chi connectivity index (χ0n) is 35.3. The number of aryl methyl sites for hydroxylation is 2. The molecule has 18 heteroatoms. The monoisotopic (exact) mass is 890 g/mol. The number of nitrogens with zero attached hydrogens (tertiary/aromatic N) is 8. The Morgan fingerprint density at radius 2 is 0.938 bits per heavy atom. The zero-order chi connectivity index (χ0) is 44.5. The first-order valence-electron chi connectivity index (χ1n) is 21.3. The fourth-order valence-electron chi connectivity index (χ4n) is 8.83. The van der Waals surface area contributed by atoms with Crippen LogP contribution < -0.4 is 10.6 Å². The number of aromatic nitrogens is 6. The third-order valence-corrected chi connectivity index (χ3v) is 12.2. The third kappa shape index (κ3) is 10.1. The van der Waals surface area contributed by atoms with Crippen LogP contribution in [0.25, 0.3) is 11.4 Å². The van der Waals surface area contributed by atoms with Crippen molar-refractivity contribution in [1.82, 2.24) is 39.3 Å². The average Bonchev–Trinajstić information content (AvgIpc) is 3.86. The average molecular weight is 891 g/mol. The van der Waals surface area contributed by atoms with Crippen molar-refractivity contribution in [3.63, 3.8) is 0 Å². The molecule has 6 heterocycles. The number of anilines is 4. The van der Waals surface area contributed by atoms with Gasteiger partial charge in [0.05, 0.1) is 49.9 Å². The smallest absolute Gasteiger partial charge is 0.246 e. The van der Waals surface area contributed by atoms with Crippen LogP contribution in [0.2, 0.25) is 0 Å². The van der Waals surface area contributed by atoms with E-state index in [0.717, 1.165) is 71.7 Å². The summed E-state index contributed by atoms with van der Waals surface area (Å²) < 4.78 is 97.2. The quantitative estimate of drug-likeness (QED) is 0.130. The molecule has 0 amide bonds. The van der Waals surface area contributed by atoms with E-state index in [1.54, 1.807) is 0 Å². The van der Waals surface area contributed by atoms with Crippen molar-refractivity contribution in [3.05, 3.63) is 131 Å². The van der Waals surface area contributed by atoms with Crippen molar-refractivity contribution < 1.29 is 38.7 Å². The molecular formula is C46H52F6N10O2. The Morgan fingerprint density at radius 3 is 1.28 bits per heavy atom. The standard InChI is InChI=1S/2C23H24F3N5O.2H2/c2*1-14-4-15(21-2-3-30(10-22(21)26)20-11-32-12-20)6-18(5-14)28-23-27-13-31(29-23)19-8-16(24)7-17(25)9-19;;/h2*4-9,13,20-22H,2-3,10-12H2,1H3,(H,28,29);2*1H/t2*21-,22?;;/m10../s1. The molecule has 4 saturated heterocycles. The summed E-state index contributed by atoms with van der Waals surface area (Å²) in [6.07, 6.45) is 2.37. The van der Waals surface area contributed by atoms with E-state index in [-0.39, 0.29) is 38.0 Å². The van der Waals surface area contributed by atoms with Gasteiger partial charge < -0.3 is 20.1 Å². The predicted octanol–water partition coefficient (Wildman–Crippen LogP) is 8.74. The van der Waals surface area contributed by atoms with Crippen molar-refractivity contribution in [2.45, 2.75) is 63.0 Å².